The van der Waals surface area contributed by atoms with E-state index in [4.69, 9.17) is 8.47 Å². The first kappa shape index (κ1) is 26.2. The Morgan fingerprint density at radius 3 is 1.77 bits per heavy atom. The minimum Gasteiger partial charge on any atom is -0.455 e. The SMILES string of the molecule is O=C(c1ccccc1)C(C(=O)c1ccc2ccccc2c1)S1(O[Cl+3]([O-])([O-])[O-])c2ccccc2Oc2ccccc21. The van der Waals surface area contributed by atoms with Crippen molar-refractivity contribution in [3.8, 4) is 11.5 Å². The van der Waals surface area contributed by atoms with Crippen LogP contribution in [0.25, 0.3) is 10.8 Å². The van der Waals surface area contributed by atoms with Crippen LogP contribution in [0.4, 0.5) is 0 Å². The number of halogens is 1. The summed E-state index contributed by atoms with van der Waals surface area (Å²) in [6.07, 6.45) is 0. The summed E-state index contributed by atoms with van der Waals surface area (Å²) in [5.41, 5.74) is 0.336. The summed E-state index contributed by atoms with van der Waals surface area (Å²) in [5.74, 6) is -0.987. The molecule has 1 unspecified atom stereocenters. The van der Waals surface area contributed by atoms with Crippen LogP contribution in [0.3, 0.4) is 0 Å². The average molecular weight is 573 g/mol. The van der Waals surface area contributed by atoms with Crippen molar-refractivity contribution in [2.24, 2.45) is 0 Å². The number of benzene rings is 5. The second-order valence-corrected chi connectivity index (χ2v) is 12.9. The van der Waals surface area contributed by atoms with Gasteiger partial charge in [-0.3, -0.25) is 9.59 Å². The van der Waals surface area contributed by atoms with Crippen LogP contribution in [0.5, 0.6) is 11.5 Å². The lowest BCUT2D eigenvalue weighted by molar-refractivity contribution is -1.91. The molecule has 200 valence electrons. The smallest absolute Gasteiger partial charge is 0.185 e. The van der Waals surface area contributed by atoms with E-state index in [9.17, 15) is 23.6 Å². The van der Waals surface area contributed by atoms with Gasteiger partial charge in [0.15, 0.2) is 16.8 Å². The van der Waals surface area contributed by atoms with Gasteiger partial charge in [0.1, 0.15) is 15.2 Å². The van der Waals surface area contributed by atoms with E-state index >= 15 is 0 Å². The van der Waals surface area contributed by atoms with Crippen molar-refractivity contribution in [1.82, 2.24) is 0 Å². The van der Waals surface area contributed by atoms with Crippen molar-refractivity contribution in [3.63, 3.8) is 0 Å². The Morgan fingerprint density at radius 1 is 0.625 bits per heavy atom. The Morgan fingerprint density at radius 2 is 1.15 bits per heavy atom. The van der Waals surface area contributed by atoms with Crippen LogP contribution in [-0.2, 0) is 3.74 Å². The first-order chi connectivity index (χ1) is 19.3. The summed E-state index contributed by atoms with van der Waals surface area (Å²) in [7, 11) is -8.81. The summed E-state index contributed by atoms with van der Waals surface area (Å²) in [5, 5.41) is -0.101. The van der Waals surface area contributed by atoms with Gasteiger partial charge < -0.3 is 4.74 Å². The maximum absolute atomic E-state index is 14.6. The molecular formula is C31H21ClO7S. The van der Waals surface area contributed by atoms with E-state index in [-0.39, 0.29) is 32.4 Å². The predicted molar refractivity (Wildman–Crippen MR) is 141 cm³/mol. The largest absolute Gasteiger partial charge is 0.455 e. The van der Waals surface area contributed by atoms with Crippen LogP contribution in [0.15, 0.2) is 131 Å². The van der Waals surface area contributed by atoms with Gasteiger partial charge in [-0.2, -0.15) is 14.0 Å². The van der Waals surface area contributed by atoms with E-state index in [1.54, 1.807) is 72.8 Å². The highest BCUT2D eigenvalue weighted by Gasteiger charge is 2.60. The summed E-state index contributed by atoms with van der Waals surface area (Å²) in [4.78, 5) is 29.3. The highest BCUT2D eigenvalue weighted by atomic mass is 35.7. The Labute approximate surface area is 233 Å². The molecule has 1 aliphatic rings. The monoisotopic (exact) mass is 572 g/mol. The molecule has 1 atom stereocenters. The minimum atomic E-state index is -5.11. The van der Waals surface area contributed by atoms with E-state index in [2.05, 4.69) is 0 Å². The third-order valence-corrected chi connectivity index (χ3v) is 11.1. The van der Waals surface area contributed by atoms with Gasteiger partial charge in [-0.1, -0.05) is 91.0 Å². The Bertz CT molecular complexity index is 1700. The number of carbonyl (C=O) groups is 2. The molecule has 5 aromatic rings. The Hall–Kier alpha value is -4.02. The van der Waals surface area contributed by atoms with Crippen LogP contribution in [0.2, 0.25) is 0 Å². The third-order valence-electron chi connectivity index (χ3n) is 6.65. The average Bonchev–Trinajstić information content (AvgIpc) is 2.96. The third kappa shape index (κ3) is 4.56. The molecule has 40 heavy (non-hydrogen) atoms. The molecule has 0 radical (unpaired) electrons. The van der Waals surface area contributed by atoms with Gasteiger partial charge in [0.2, 0.25) is 0 Å². The molecular weight excluding hydrogens is 552 g/mol. The van der Waals surface area contributed by atoms with Crippen molar-refractivity contribution in [2.45, 2.75) is 15.0 Å². The summed E-state index contributed by atoms with van der Waals surface area (Å²) >= 11 is 0. The van der Waals surface area contributed by atoms with Crippen molar-refractivity contribution in [2.75, 3.05) is 0 Å². The Balaban J connectivity index is 1.68. The maximum Gasteiger partial charge on any atom is 0.185 e. The van der Waals surface area contributed by atoms with Crippen molar-refractivity contribution >= 4 is 32.6 Å². The highest BCUT2D eigenvalue weighted by molar-refractivity contribution is 8.31. The quantitative estimate of drug-likeness (QED) is 0.212. The zero-order valence-electron chi connectivity index (χ0n) is 20.8. The molecule has 1 aliphatic heterocycles. The number of carbonyl (C=O) groups excluding carboxylic acids is 2. The molecule has 0 spiro atoms. The first-order valence-corrected chi connectivity index (χ1v) is 15.1. The highest BCUT2D eigenvalue weighted by Crippen LogP contribution is 2.75. The van der Waals surface area contributed by atoms with Gasteiger partial charge in [0.05, 0.1) is 30.3 Å². The van der Waals surface area contributed by atoms with Gasteiger partial charge in [0, 0.05) is 11.1 Å². The molecule has 1 heterocycles. The fourth-order valence-corrected chi connectivity index (χ4v) is 9.76. The lowest BCUT2D eigenvalue weighted by Gasteiger charge is -2.42. The molecule has 0 saturated carbocycles. The number of fused-ring (bicyclic) bond motifs is 3. The maximum atomic E-state index is 14.6. The fourth-order valence-electron chi connectivity index (χ4n) is 4.96. The lowest BCUT2D eigenvalue weighted by Crippen LogP contribution is -2.62. The van der Waals surface area contributed by atoms with Crippen LogP contribution < -0.4 is 18.7 Å². The number of Topliss-reactive ketones (excluding diaryl/α,β-unsaturated/α-hetero) is 2. The molecule has 6 rings (SSSR count). The summed E-state index contributed by atoms with van der Waals surface area (Å²) in [6.45, 7) is 0. The number of para-hydroxylation sites is 2. The molecule has 0 saturated heterocycles. The molecule has 0 fully saturated rings. The van der Waals surface area contributed by atoms with Crippen LogP contribution in [0, 0.1) is 10.2 Å². The lowest BCUT2D eigenvalue weighted by atomic mass is 9.99. The van der Waals surface area contributed by atoms with Crippen LogP contribution in [-0.4, -0.2) is 16.8 Å². The minimum absolute atomic E-state index is 0.143. The first-order valence-electron chi connectivity index (χ1n) is 12.2. The second-order valence-electron chi connectivity index (χ2n) is 9.07. The molecule has 0 amide bonds. The van der Waals surface area contributed by atoms with Gasteiger partial charge in [0.25, 0.3) is 0 Å². The van der Waals surface area contributed by atoms with Crippen LogP contribution in [0.1, 0.15) is 20.7 Å². The molecule has 0 aliphatic carbocycles. The van der Waals surface area contributed by atoms with E-state index in [1.807, 2.05) is 24.3 Å². The van der Waals surface area contributed by atoms with Crippen molar-refractivity contribution in [3.05, 3.63) is 132 Å². The summed E-state index contributed by atoms with van der Waals surface area (Å²) in [6, 6.07) is 33.3. The number of hydrogen-bond acceptors (Lipinski definition) is 7. The van der Waals surface area contributed by atoms with Crippen LogP contribution >= 0.6 is 10.3 Å². The topological polar surface area (TPSA) is 122 Å². The van der Waals surface area contributed by atoms with Gasteiger partial charge in [-0.25, -0.2) is 0 Å². The fraction of sp³-hybridized carbons (Fsp3) is 0.0323. The molecule has 0 N–H and O–H groups in total. The van der Waals surface area contributed by atoms with E-state index in [1.165, 1.54) is 24.3 Å². The normalized spacial score (nSPS) is 15.3. The number of ether oxygens (including phenoxy) is 1. The second kappa shape index (κ2) is 10.2. The molecule has 0 bridgehead atoms. The molecule has 5 aromatic carbocycles. The Kier molecular flexibility index (Phi) is 6.67. The van der Waals surface area contributed by atoms with E-state index < -0.39 is 37.4 Å². The van der Waals surface area contributed by atoms with Gasteiger partial charge in [-0.05, 0) is 41.1 Å². The number of ketones is 2. The van der Waals surface area contributed by atoms with Crippen molar-refractivity contribution < 1.29 is 42.3 Å². The van der Waals surface area contributed by atoms with E-state index in [0.717, 1.165) is 10.8 Å². The molecule has 7 nitrogen and oxygen atoms in total. The van der Waals surface area contributed by atoms with E-state index in [0.29, 0.717) is 0 Å². The summed E-state index contributed by atoms with van der Waals surface area (Å²) < 4.78 is 49.0. The zero-order chi connectivity index (χ0) is 27.9. The van der Waals surface area contributed by atoms with Gasteiger partial charge >= 0.3 is 0 Å². The standard InChI is InChI=1S/C31H21ClO7S/c33-29(22-11-2-1-3-12-22)31(30(34)24-19-18-21-10-4-5-13-23(21)20-24)40(39-32(35,36)37)27-16-8-6-14-25(27)38-26-15-7-9-17-28(26)40/h1-20,31H. The number of hydrogen-bond donors (Lipinski definition) is 0. The zero-order valence-corrected chi connectivity index (χ0v) is 22.3. The van der Waals surface area contributed by atoms with Gasteiger partial charge in [-0.15, -0.1) is 0 Å². The number of rotatable bonds is 7. The molecule has 9 heteroatoms. The molecule has 0 aromatic heterocycles. The van der Waals surface area contributed by atoms with Crippen molar-refractivity contribution in [1.29, 1.82) is 0 Å². The predicted octanol–water partition coefficient (Wildman–Crippen LogP) is 4.13.